The van der Waals surface area contributed by atoms with Gasteiger partial charge in [-0.2, -0.15) is 0 Å². The van der Waals surface area contributed by atoms with Crippen LogP contribution in [0.2, 0.25) is 0 Å². The van der Waals surface area contributed by atoms with Gasteiger partial charge in [0.05, 0.1) is 0 Å². The molecule has 1 unspecified atom stereocenters. The van der Waals surface area contributed by atoms with Crippen LogP contribution in [0.3, 0.4) is 0 Å². The maximum absolute atomic E-state index is 12.7. The molecular formula is C20H25N3O3. The van der Waals surface area contributed by atoms with Crippen molar-refractivity contribution in [2.24, 2.45) is 0 Å². The average Bonchev–Trinajstić information content (AvgIpc) is 3.24. The van der Waals surface area contributed by atoms with E-state index in [0.29, 0.717) is 31.9 Å². The van der Waals surface area contributed by atoms with E-state index in [1.807, 2.05) is 23.1 Å². The summed E-state index contributed by atoms with van der Waals surface area (Å²) in [6.45, 7) is 6.24. The number of likely N-dealkylation sites (tertiary alicyclic amines) is 1. The fourth-order valence-corrected chi connectivity index (χ4v) is 4.01. The predicted octanol–water partition coefficient (Wildman–Crippen LogP) is 2.29. The van der Waals surface area contributed by atoms with Crippen LogP contribution in [-0.4, -0.2) is 53.5 Å². The van der Waals surface area contributed by atoms with Crippen molar-refractivity contribution in [2.45, 2.75) is 45.2 Å². The lowest BCUT2D eigenvalue weighted by Gasteiger charge is -2.31. The summed E-state index contributed by atoms with van der Waals surface area (Å²) < 4.78 is 5.38. The second-order valence-electron chi connectivity index (χ2n) is 7.34. The molecule has 0 aliphatic carbocycles. The van der Waals surface area contributed by atoms with Crippen LogP contribution in [0, 0.1) is 13.8 Å². The van der Waals surface area contributed by atoms with Crippen molar-refractivity contribution in [3.05, 3.63) is 35.0 Å². The van der Waals surface area contributed by atoms with Crippen LogP contribution in [-0.2, 0) is 9.53 Å². The summed E-state index contributed by atoms with van der Waals surface area (Å²) in [5, 5.41) is 3.97. The number of carbonyl (C=O) groups is 2. The zero-order chi connectivity index (χ0) is 18.3. The second-order valence-corrected chi connectivity index (χ2v) is 7.34. The molecule has 2 aliphatic rings. The number of nitrogens with one attached hydrogen (secondary N) is 2. The van der Waals surface area contributed by atoms with Gasteiger partial charge in [0.25, 0.3) is 5.91 Å². The van der Waals surface area contributed by atoms with Crippen LogP contribution in [0.5, 0.6) is 0 Å². The molecule has 1 atom stereocenters. The first-order chi connectivity index (χ1) is 12.5. The number of aryl methyl sites for hydroxylation is 2. The van der Waals surface area contributed by atoms with Gasteiger partial charge in [-0.25, -0.2) is 0 Å². The molecule has 26 heavy (non-hydrogen) atoms. The highest BCUT2D eigenvalue weighted by molar-refractivity contribution is 6.01. The van der Waals surface area contributed by atoms with Gasteiger partial charge in [0.2, 0.25) is 5.91 Å². The van der Waals surface area contributed by atoms with Crippen molar-refractivity contribution < 1.29 is 14.3 Å². The molecule has 2 aliphatic heterocycles. The van der Waals surface area contributed by atoms with Gasteiger partial charge in [0.15, 0.2) is 0 Å². The molecule has 138 valence electrons. The maximum atomic E-state index is 12.7. The summed E-state index contributed by atoms with van der Waals surface area (Å²) in [6, 6.07) is 5.73. The van der Waals surface area contributed by atoms with Gasteiger partial charge in [-0.15, -0.1) is 0 Å². The lowest BCUT2D eigenvalue weighted by molar-refractivity contribution is -0.132. The number of carbonyl (C=O) groups excluding carboxylic acids is 2. The first-order valence-corrected chi connectivity index (χ1v) is 9.32. The van der Waals surface area contributed by atoms with Gasteiger partial charge in [-0.1, -0.05) is 6.07 Å². The highest BCUT2D eigenvalue weighted by atomic mass is 16.5. The van der Waals surface area contributed by atoms with Crippen molar-refractivity contribution in [2.75, 3.05) is 19.8 Å². The molecule has 2 aromatic rings. The van der Waals surface area contributed by atoms with Gasteiger partial charge in [0, 0.05) is 36.7 Å². The number of hydrogen-bond donors (Lipinski definition) is 2. The van der Waals surface area contributed by atoms with Gasteiger partial charge < -0.3 is 19.9 Å². The summed E-state index contributed by atoms with van der Waals surface area (Å²) in [6.07, 6.45) is 2.43. The van der Waals surface area contributed by atoms with Crippen LogP contribution in [0.1, 0.15) is 40.9 Å². The number of benzene rings is 1. The first-order valence-electron chi connectivity index (χ1n) is 9.32. The minimum atomic E-state index is -0.431. The fourth-order valence-electron chi connectivity index (χ4n) is 4.01. The van der Waals surface area contributed by atoms with E-state index in [1.54, 1.807) is 0 Å². The Morgan fingerprint density at radius 2 is 2.00 bits per heavy atom. The molecule has 2 amide bonds. The third-order valence-corrected chi connectivity index (χ3v) is 5.77. The van der Waals surface area contributed by atoms with Crippen LogP contribution < -0.4 is 5.32 Å². The van der Waals surface area contributed by atoms with Crippen molar-refractivity contribution in [3.63, 3.8) is 0 Å². The van der Waals surface area contributed by atoms with E-state index in [0.717, 1.165) is 23.7 Å². The molecule has 0 spiro atoms. The van der Waals surface area contributed by atoms with Crippen LogP contribution in [0.15, 0.2) is 18.2 Å². The van der Waals surface area contributed by atoms with Crippen molar-refractivity contribution in [1.82, 2.24) is 15.2 Å². The maximum Gasteiger partial charge on any atom is 0.268 e. The Morgan fingerprint density at radius 3 is 2.77 bits per heavy atom. The Bertz CT molecular complexity index is 851. The van der Waals surface area contributed by atoms with E-state index in [2.05, 4.69) is 24.1 Å². The summed E-state index contributed by atoms with van der Waals surface area (Å²) >= 11 is 0. The number of ether oxygens (including phenoxy) is 1. The number of hydrogen-bond acceptors (Lipinski definition) is 3. The second kappa shape index (κ2) is 6.76. The third kappa shape index (κ3) is 2.98. The number of amides is 2. The fraction of sp³-hybridized carbons (Fsp3) is 0.500. The molecule has 1 aromatic heterocycles. The minimum absolute atomic E-state index is 0.0355. The summed E-state index contributed by atoms with van der Waals surface area (Å²) in [5.74, 6) is -0.182. The largest absolute Gasteiger partial charge is 0.381 e. The SMILES string of the molecule is Cc1ccc2[nH]c(C(=O)NC3CCN(C4CCOCC4)C3=O)cc2c1C. The van der Waals surface area contributed by atoms with Crippen molar-refractivity contribution in [1.29, 1.82) is 0 Å². The first kappa shape index (κ1) is 17.1. The number of aromatic amines is 1. The Kier molecular flexibility index (Phi) is 4.44. The predicted molar refractivity (Wildman–Crippen MR) is 99.2 cm³/mol. The van der Waals surface area contributed by atoms with E-state index in [4.69, 9.17) is 4.74 Å². The van der Waals surface area contributed by atoms with Gasteiger partial charge >= 0.3 is 0 Å². The minimum Gasteiger partial charge on any atom is -0.381 e. The molecular weight excluding hydrogens is 330 g/mol. The topological polar surface area (TPSA) is 74.4 Å². The molecule has 0 saturated carbocycles. The molecule has 2 N–H and O–H groups in total. The zero-order valence-electron chi connectivity index (χ0n) is 15.3. The van der Waals surface area contributed by atoms with E-state index in [1.165, 1.54) is 11.1 Å². The van der Waals surface area contributed by atoms with E-state index >= 15 is 0 Å². The third-order valence-electron chi connectivity index (χ3n) is 5.77. The highest BCUT2D eigenvalue weighted by Gasteiger charge is 2.37. The molecule has 4 rings (SSSR count). The smallest absolute Gasteiger partial charge is 0.268 e. The molecule has 0 bridgehead atoms. The average molecular weight is 355 g/mol. The molecule has 3 heterocycles. The van der Waals surface area contributed by atoms with Gasteiger partial charge in [-0.3, -0.25) is 9.59 Å². The Morgan fingerprint density at radius 1 is 1.23 bits per heavy atom. The summed E-state index contributed by atoms with van der Waals surface area (Å²) in [4.78, 5) is 30.5. The van der Waals surface area contributed by atoms with Crippen LogP contribution in [0.25, 0.3) is 10.9 Å². The standard InChI is InChI=1S/C20H25N3O3/c1-12-3-4-16-15(13(12)2)11-18(21-16)19(24)22-17-5-8-23(20(17)25)14-6-9-26-10-7-14/h3-4,11,14,17,21H,5-10H2,1-2H3,(H,22,24). The number of nitrogens with zero attached hydrogens (tertiary/aromatic N) is 1. The van der Waals surface area contributed by atoms with Crippen molar-refractivity contribution >= 4 is 22.7 Å². The normalized spacial score (nSPS) is 21.5. The summed E-state index contributed by atoms with van der Waals surface area (Å²) in [5.41, 5.74) is 3.81. The van der Waals surface area contributed by atoms with Crippen LogP contribution >= 0.6 is 0 Å². The Labute approximate surface area is 152 Å². The summed E-state index contributed by atoms with van der Waals surface area (Å²) in [7, 11) is 0. The number of rotatable bonds is 3. The van der Waals surface area contributed by atoms with Gasteiger partial charge in [-0.05, 0) is 56.4 Å². The number of H-pyrrole nitrogens is 1. The van der Waals surface area contributed by atoms with E-state index in [-0.39, 0.29) is 17.9 Å². The van der Waals surface area contributed by atoms with Gasteiger partial charge in [0.1, 0.15) is 11.7 Å². The van der Waals surface area contributed by atoms with E-state index < -0.39 is 6.04 Å². The molecule has 2 saturated heterocycles. The zero-order valence-corrected chi connectivity index (χ0v) is 15.3. The highest BCUT2D eigenvalue weighted by Crippen LogP contribution is 2.24. The molecule has 6 nitrogen and oxygen atoms in total. The monoisotopic (exact) mass is 355 g/mol. The Hall–Kier alpha value is -2.34. The molecule has 1 aromatic carbocycles. The lowest BCUT2D eigenvalue weighted by Crippen LogP contribution is -2.46. The lowest BCUT2D eigenvalue weighted by atomic mass is 10.1. The number of fused-ring (bicyclic) bond motifs is 1. The Balaban J connectivity index is 1.46. The molecule has 6 heteroatoms. The van der Waals surface area contributed by atoms with E-state index in [9.17, 15) is 9.59 Å². The molecule has 0 radical (unpaired) electrons. The van der Waals surface area contributed by atoms with Crippen LogP contribution in [0.4, 0.5) is 0 Å². The molecule has 2 fully saturated rings. The number of aromatic nitrogens is 1. The quantitative estimate of drug-likeness (QED) is 0.887. The van der Waals surface area contributed by atoms with Crippen molar-refractivity contribution in [3.8, 4) is 0 Å².